The van der Waals surface area contributed by atoms with E-state index >= 15 is 0 Å². The Bertz CT molecular complexity index is 542. The Balaban J connectivity index is 1.74. The third kappa shape index (κ3) is 2.79. The molecule has 1 aliphatic rings. The highest BCUT2D eigenvalue weighted by atomic mass is 35.5. The first-order valence-corrected chi connectivity index (χ1v) is 7.98. The zero-order chi connectivity index (χ0) is 13.2. The Hall–Kier alpha value is -1.000. The minimum Gasteiger partial charge on any atom is -0.348 e. The summed E-state index contributed by atoms with van der Waals surface area (Å²) in [5.41, 5.74) is 0. The van der Waals surface area contributed by atoms with Gasteiger partial charge in [0.25, 0.3) is 0 Å². The van der Waals surface area contributed by atoms with Gasteiger partial charge in [-0.2, -0.15) is 0 Å². The molecule has 2 aromatic heterocycles. The van der Waals surface area contributed by atoms with E-state index in [4.69, 9.17) is 11.6 Å². The lowest BCUT2D eigenvalue weighted by Crippen LogP contribution is -2.13. The summed E-state index contributed by atoms with van der Waals surface area (Å²) in [6, 6.07) is 4.88. The van der Waals surface area contributed by atoms with Crippen LogP contribution in [0.1, 0.15) is 49.6 Å². The van der Waals surface area contributed by atoms with Crippen molar-refractivity contribution in [1.29, 1.82) is 0 Å². The smallest absolute Gasteiger partial charge is 0.203 e. The number of thiophene rings is 1. The first-order chi connectivity index (χ1) is 9.24. The van der Waals surface area contributed by atoms with Crippen LogP contribution in [-0.2, 0) is 0 Å². The van der Waals surface area contributed by atoms with E-state index in [1.54, 1.807) is 11.3 Å². The molecule has 0 radical (unpaired) electrons. The topological polar surface area (TPSA) is 29.9 Å². The fourth-order valence-electron chi connectivity index (χ4n) is 2.73. The highest BCUT2D eigenvalue weighted by Crippen LogP contribution is 2.33. The number of hydrogen-bond donors (Lipinski definition) is 1. The van der Waals surface area contributed by atoms with Gasteiger partial charge in [0.1, 0.15) is 0 Å². The molecule has 0 aromatic carbocycles. The first-order valence-electron chi connectivity index (χ1n) is 6.78. The molecular weight excluding hydrogens is 278 g/mol. The SMILES string of the molecule is CC(Nc1nccn1C1CCCC1)c1ccc(Cl)s1. The maximum Gasteiger partial charge on any atom is 0.203 e. The van der Waals surface area contributed by atoms with Gasteiger partial charge in [-0.25, -0.2) is 4.98 Å². The van der Waals surface area contributed by atoms with E-state index in [-0.39, 0.29) is 6.04 Å². The van der Waals surface area contributed by atoms with Crippen LogP contribution in [0.5, 0.6) is 0 Å². The molecule has 0 saturated heterocycles. The Morgan fingerprint density at radius 2 is 2.21 bits per heavy atom. The fourth-order valence-corrected chi connectivity index (χ4v) is 3.79. The summed E-state index contributed by atoms with van der Waals surface area (Å²) in [6.07, 6.45) is 9.17. The van der Waals surface area contributed by atoms with Crippen molar-refractivity contribution in [1.82, 2.24) is 9.55 Å². The molecule has 0 amide bonds. The van der Waals surface area contributed by atoms with Gasteiger partial charge in [-0.05, 0) is 31.9 Å². The molecule has 1 aliphatic carbocycles. The first kappa shape index (κ1) is 13.0. The van der Waals surface area contributed by atoms with Gasteiger partial charge in [0, 0.05) is 23.3 Å². The maximum absolute atomic E-state index is 5.99. The molecule has 0 aliphatic heterocycles. The number of nitrogens with zero attached hydrogens (tertiary/aromatic N) is 2. The zero-order valence-corrected chi connectivity index (χ0v) is 12.5. The Labute approximate surface area is 122 Å². The normalized spacial score (nSPS) is 17.8. The summed E-state index contributed by atoms with van der Waals surface area (Å²) in [5, 5.41) is 3.50. The Kier molecular flexibility index (Phi) is 3.80. The third-order valence-corrected chi connectivity index (χ3v) is 5.17. The average molecular weight is 296 g/mol. The second kappa shape index (κ2) is 5.55. The molecule has 1 saturated carbocycles. The number of halogens is 1. The second-order valence-electron chi connectivity index (χ2n) is 5.10. The lowest BCUT2D eigenvalue weighted by molar-refractivity contribution is 0.521. The van der Waals surface area contributed by atoms with Crippen molar-refractivity contribution in [3.8, 4) is 0 Å². The average Bonchev–Trinajstić information content (AvgIpc) is 3.07. The van der Waals surface area contributed by atoms with Gasteiger partial charge < -0.3 is 9.88 Å². The molecule has 0 bridgehead atoms. The lowest BCUT2D eigenvalue weighted by atomic mass is 10.2. The molecule has 1 unspecified atom stereocenters. The van der Waals surface area contributed by atoms with E-state index < -0.39 is 0 Å². The maximum atomic E-state index is 5.99. The van der Waals surface area contributed by atoms with E-state index in [1.807, 2.05) is 12.3 Å². The van der Waals surface area contributed by atoms with Crippen LogP contribution in [0.25, 0.3) is 0 Å². The number of imidazole rings is 1. The van der Waals surface area contributed by atoms with Crippen molar-refractivity contribution in [2.45, 2.75) is 44.7 Å². The molecular formula is C14H18ClN3S. The quantitative estimate of drug-likeness (QED) is 0.870. The van der Waals surface area contributed by atoms with Crippen LogP contribution in [0, 0.1) is 0 Å². The van der Waals surface area contributed by atoms with Gasteiger partial charge in [-0.15, -0.1) is 11.3 Å². The second-order valence-corrected chi connectivity index (χ2v) is 6.85. The van der Waals surface area contributed by atoms with Crippen molar-refractivity contribution in [3.05, 3.63) is 33.7 Å². The summed E-state index contributed by atoms with van der Waals surface area (Å²) in [6.45, 7) is 2.15. The van der Waals surface area contributed by atoms with Crippen molar-refractivity contribution < 1.29 is 0 Å². The van der Waals surface area contributed by atoms with Gasteiger partial charge in [0.05, 0.1) is 10.4 Å². The van der Waals surface area contributed by atoms with Crippen molar-refractivity contribution >= 4 is 28.9 Å². The summed E-state index contributed by atoms with van der Waals surface area (Å²) in [4.78, 5) is 5.70. The third-order valence-electron chi connectivity index (χ3n) is 3.75. The van der Waals surface area contributed by atoms with Gasteiger partial charge in [0.2, 0.25) is 5.95 Å². The van der Waals surface area contributed by atoms with E-state index in [0.717, 1.165) is 10.3 Å². The highest BCUT2D eigenvalue weighted by molar-refractivity contribution is 7.16. The van der Waals surface area contributed by atoms with E-state index in [1.165, 1.54) is 30.6 Å². The molecule has 3 rings (SSSR count). The summed E-state index contributed by atoms with van der Waals surface area (Å²) >= 11 is 7.61. The molecule has 0 spiro atoms. The van der Waals surface area contributed by atoms with Crippen molar-refractivity contribution in [2.75, 3.05) is 5.32 Å². The predicted molar refractivity (Wildman–Crippen MR) is 81.1 cm³/mol. The van der Waals surface area contributed by atoms with Crippen molar-refractivity contribution in [2.24, 2.45) is 0 Å². The minimum atomic E-state index is 0.236. The zero-order valence-electron chi connectivity index (χ0n) is 11.0. The molecule has 5 heteroatoms. The predicted octanol–water partition coefficient (Wildman–Crippen LogP) is 4.89. The van der Waals surface area contributed by atoms with Crippen LogP contribution in [0.2, 0.25) is 4.34 Å². The van der Waals surface area contributed by atoms with Gasteiger partial charge >= 0.3 is 0 Å². The van der Waals surface area contributed by atoms with Gasteiger partial charge in [-0.3, -0.25) is 0 Å². The van der Waals surface area contributed by atoms with Gasteiger partial charge in [0.15, 0.2) is 0 Å². The van der Waals surface area contributed by atoms with Crippen LogP contribution in [-0.4, -0.2) is 9.55 Å². The fraction of sp³-hybridized carbons (Fsp3) is 0.500. The lowest BCUT2D eigenvalue weighted by Gasteiger charge is -2.18. The minimum absolute atomic E-state index is 0.236. The van der Waals surface area contributed by atoms with Crippen LogP contribution < -0.4 is 5.32 Å². The highest BCUT2D eigenvalue weighted by Gasteiger charge is 2.20. The summed E-state index contributed by atoms with van der Waals surface area (Å²) in [5.74, 6) is 0.976. The molecule has 2 heterocycles. The monoisotopic (exact) mass is 295 g/mol. The number of aromatic nitrogens is 2. The van der Waals surface area contributed by atoms with E-state index in [0.29, 0.717) is 6.04 Å². The van der Waals surface area contributed by atoms with Crippen LogP contribution in [0.3, 0.4) is 0 Å². The molecule has 2 aromatic rings. The summed E-state index contributed by atoms with van der Waals surface area (Å²) in [7, 11) is 0. The van der Waals surface area contributed by atoms with Gasteiger partial charge in [-0.1, -0.05) is 24.4 Å². The number of hydrogen-bond acceptors (Lipinski definition) is 3. The van der Waals surface area contributed by atoms with Crippen LogP contribution in [0.4, 0.5) is 5.95 Å². The molecule has 3 nitrogen and oxygen atoms in total. The number of anilines is 1. The standard InChI is InChI=1S/C14H18ClN3S/c1-10(12-6-7-13(15)19-12)17-14-16-8-9-18(14)11-4-2-3-5-11/h6-11H,2-5H2,1H3,(H,16,17). The molecule has 1 fully saturated rings. The molecule has 1 atom stereocenters. The molecule has 19 heavy (non-hydrogen) atoms. The van der Waals surface area contributed by atoms with E-state index in [2.05, 4.69) is 34.1 Å². The largest absolute Gasteiger partial charge is 0.348 e. The van der Waals surface area contributed by atoms with E-state index in [9.17, 15) is 0 Å². The number of nitrogens with one attached hydrogen (secondary N) is 1. The Morgan fingerprint density at radius 3 is 2.89 bits per heavy atom. The number of rotatable bonds is 4. The van der Waals surface area contributed by atoms with Crippen LogP contribution in [0.15, 0.2) is 24.5 Å². The van der Waals surface area contributed by atoms with Crippen molar-refractivity contribution in [3.63, 3.8) is 0 Å². The van der Waals surface area contributed by atoms with Crippen LogP contribution >= 0.6 is 22.9 Å². The summed E-state index contributed by atoms with van der Waals surface area (Å²) < 4.78 is 3.13. The Morgan fingerprint density at radius 1 is 1.42 bits per heavy atom. The molecule has 1 N–H and O–H groups in total. The molecule has 102 valence electrons.